The van der Waals surface area contributed by atoms with Gasteiger partial charge in [-0.05, 0) is 204 Å². The van der Waals surface area contributed by atoms with E-state index in [1.54, 1.807) is 0 Å². The highest BCUT2D eigenvalue weighted by molar-refractivity contribution is 7.85. The van der Waals surface area contributed by atoms with Crippen molar-refractivity contribution < 1.29 is 73.9 Å². The van der Waals surface area contributed by atoms with Gasteiger partial charge < -0.3 is 38.8 Å². The fraction of sp³-hybridized carbons (Fsp3) is 0.924. The number of hydrogen-bond acceptors (Lipinski definition) is 17. The number of carbonyl (C=O) groups is 3. The molecule has 0 aromatic heterocycles. The average molecular weight is 1260 g/mol. The van der Waals surface area contributed by atoms with Crippen molar-refractivity contribution in [3.8, 4) is 0 Å². The molecule has 0 aromatic carbocycles. The summed E-state index contributed by atoms with van der Waals surface area (Å²) >= 11 is 0. The third-order valence-electron chi connectivity index (χ3n) is 26.3. The van der Waals surface area contributed by atoms with E-state index in [0.717, 1.165) is 129 Å². The number of carbonyl (C=O) groups excluding carboxylic acids is 3. The van der Waals surface area contributed by atoms with Crippen LogP contribution in [0.3, 0.4) is 0 Å². The second-order valence-electron chi connectivity index (χ2n) is 30.8. The number of aliphatic hydroxyl groups excluding tert-OH is 1. The number of hydrogen-bond donors (Lipinski definition) is 4. The third kappa shape index (κ3) is 13.7. The SMILES string of the molecule is C1COCCN1.C=C1C(=O)O[C@@H]2[C@@H]3[C@@H](CCC34CC4)C3(CC[C@@H]12)CC3.CO.CS(=O)(=O)O.CS(=O)(=O)O.O=C1O[C@H]2[C@@H](CCC3(CC3)[C@@H]3CCC4(CC4)[C@H]23)[C@@H]1CN1CCOCC1.O=C1O[C@H]2[C@@H](CCC3(CC3)[C@@H]3CCC4(CC4)[C@H]23)[C@@H]1CN1CCOCC1. The maximum Gasteiger partial charge on any atom is 0.334 e. The van der Waals surface area contributed by atoms with Crippen molar-refractivity contribution in [3.63, 3.8) is 0 Å². The van der Waals surface area contributed by atoms with E-state index in [4.69, 9.17) is 42.6 Å². The molecule has 0 bridgehead atoms. The van der Waals surface area contributed by atoms with Crippen molar-refractivity contribution in [1.82, 2.24) is 15.1 Å². The number of esters is 3. The Bertz CT molecular complexity index is 2560. The first-order chi connectivity index (χ1) is 41.6. The van der Waals surface area contributed by atoms with Gasteiger partial charge in [0.1, 0.15) is 18.3 Å². The van der Waals surface area contributed by atoms with Crippen LogP contribution >= 0.6 is 0 Å². The summed E-state index contributed by atoms with van der Waals surface area (Å²) in [5.41, 5.74) is 4.44. The van der Waals surface area contributed by atoms with Crippen LogP contribution in [-0.4, -0.2) is 189 Å². The van der Waals surface area contributed by atoms with Crippen LogP contribution in [0.25, 0.3) is 0 Å². The lowest BCUT2D eigenvalue weighted by Crippen LogP contribution is -2.42. The van der Waals surface area contributed by atoms with Gasteiger partial charge in [0.25, 0.3) is 20.2 Å². The lowest BCUT2D eigenvalue weighted by molar-refractivity contribution is -0.149. The molecular formula is C66H105N3O16S2. The van der Waals surface area contributed by atoms with Crippen molar-refractivity contribution in [2.24, 2.45) is 97.6 Å². The highest BCUT2D eigenvalue weighted by Crippen LogP contribution is 2.78. The Hall–Kier alpha value is -2.31. The smallest absolute Gasteiger partial charge is 0.334 e. The zero-order valence-corrected chi connectivity index (χ0v) is 54.2. The number of nitrogens with zero attached hydrogens (tertiary/aromatic N) is 2. The molecule has 6 spiro atoms. The molecule has 6 aliphatic heterocycles. The molecule has 21 heteroatoms. The monoisotopic (exact) mass is 1260 g/mol. The molecule has 14 atom stereocenters. The predicted octanol–water partition coefficient (Wildman–Crippen LogP) is 7.40. The Morgan fingerprint density at radius 1 is 0.460 bits per heavy atom. The van der Waals surface area contributed by atoms with Crippen LogP contribution in [-0.2, 0) is 63.0 Å². The minimum absolute atomic E-state index is 0.0943. The molecule has 19 nitrogen and oxygen atoms in total. The normalized spacial score (nSPS) is 40.3. The van der Waals surface area contributed by atoms with Crippen LogP contribution in [0.4, 0.5) is 0 Å². The number of aliphatic hydroxyl groups is 1. The first-order valence-electron chi connectivity index (χ1n) is 34.1. The van der Waals surface area contributed by atoms with Crippen LogP contribution in [0.2, 0.25) is 0 Å². The van der Waals surface area contributed by atoms with E-state index in [2.05, 4.69) is 21.7 Å². The molecule has 12 saturated carbocycles. The Balaban J connectivity index is 0.000000112. The first kappa shape index (κ1) is 64.8. The summed E-state index contributed by atoms with van der Waals surface area (Å²) in [6.45, 7) is 16.8. The number of morpholine rings is 3. The van der Waals surface area contributed by atoms with Gasteiger partial charge in [-0.3, -0.25) is 28.5 Å². The molecule has 12 aliphatic carbocycles. The van der Waals surface area contributed by atoms with Gasteiger partial charge in [0.15, 0.2) is 0 Å². The minimum atomic E-state index is -3.67. The largest absolute Gasteiger partial charge is 0.461 e. The number of rotatable bonds is 4. The molecule has 0 amide bonds. The van der Waals surface area contributed by atoms with Crippen molar-refractivity contribution in [3.05, 3.63) is 12.2 Å². The maximum atomic E-state index is 12.8. The zero-order chi connectivity index (χ0) is 61.4. The molecule has 0 radical (unpaired) electrons. The van der Waals surface area contributed by atoms with Gasteiger partial charge >= 0.3 is 17.9 Å². The molecule has 0 aromatic rings. The fourth-order valence-corrected chi connectivity index (χ4v) is 21.1. The van der Waals surface area contributed by atoms with Gasteiger partial charge in [0.05, 0.1) is 64.0 Å². The van der Waals surface area contributed by atoms with Crippen LogP contribution < -0.4 is 5.32 Å². The lowest BCUT2D eigenvalue weighted by atomic mass is 9.73. The summed E-state index contributed by atoms with van der Waals surface area (Å²) in [7, 11) is -6.33. The second kappa shape index (κ2) is 25.2. The van der Waals surface area contributed by atoms with Crippen molar-refractivity contribution in [2.75, 3.05) is 112 Å². The molecule has 6 heterocycles. The molecular weight excluding hydrogens is 1150 g/mol. The van der Waals surface area contributed by atoms with Crippen molar-refractivity contribution in [1.29, 1.82) is 0 Å². The van der Waals surface area contributed by atoms with E-state index in [1.807, 2.05) is 0 Å². The zero-order valence-electron chi connectivity index (χ0n) is 52.5. The quantitative estimate of drug-likeness (QED) is 0.0925. The Morgan fingerprint density at radius 2 is 0.770 bits per heavy atom. The van der Waals surface area contributed by atoms with E-state index in [0.29, 0.717) is 80.5 Å². The summed E-state index contributed by atoms with van der Waals surface area (Å²) in [5.74, 6) is 6.33. The lowest BCUT2D eigenvalue weighted by Gasteiger charge is -2.33. The standard InChI is InChI=1S/2C21H31NO3.C17H22O2.C4H9NO.2CH4O3S.CH4O/c2*23-19-15(13-22-9-11-24-12-10-22)14-1-3-20(5-6-20)16-2-4-21(7-8-21)17(16)18(14)25-19;1-10-11-2-4-16(6-7-16)12-3-5-17(8-9-17)13(12)14(11)19-15(10)18;1-3-6-4-2-5-1;2*1-5(2,3)4;1-2/h2*14-18H,1-13H2;11-14H,1-9H2;5H,1-4H2;2*1H3,(H,2,3,4);2H,1H3/t2*14-,15-,16+,17-,18-;11-,12+,13-,14-;;;;/m000..../s1. The third-order valence-corrected chi connectivity index (χ3v) is 26.3. The van der Waals surface area contributed by atoms with Gasteiger partial charge in [-0.2, -0.15) is 16.8 Å². The molecule has 18 rings (SSSR count). The van der Waals surface area contributed by atoms with Crippen molar-refractivity contribution in [2.45, 2.75) is 172 Å². The Kier molecular flexibility index (Phi) is 18.8. The molecule has 18 fully saturated rings. The van der Waals surface area contributed by atoms with Gasteiger partial charge in [-0.15, -0.1) is 0 Å². The molecule has 18 aliphatic rings. The molecule has 0 unspecified atom stereocenters. The van der Waals surface area contributed by atoms with E-state index in [1.165, 1.54) is 148 Å². The van der Waals surface area contributed by atoms with Crippen LogP contribution in [0.15, 0.2) is 12.2 Å². The highest BCUT2D eigenvalue weighted by atomic mass is 32.2. The molecule has 4 N–H and O–H groups in total. The van der Waals surface area contributed by atoms with E-state index in [-0.39, 0.29) is 48.1 Å². The van der Waals surface area contributed by atoms with E-state index in [9.17, 15) is 31.2 Å². The van der Waals surface area contributed by atoms with Gasteiger partial charge in [-0.25, -0.2) is 4.79 Å². The fourth-order valence-electron chi connectivity index (χ4n) is 21.1. The maximum absolute atomic E-state index is 12.8. The van der Waals surface area contributed by atoms with Gasteiger partial charge in [0.2, 0.25) is 0 Å². The summed E-state index contributed by atoms with van der Waals surface area (Å²) < 4.78 is 86.0. The molecule has 492 valence electrons. The average Bonchev–Trinajstić information content (AvgIpc) is 1.55. The number of ether oxygens (including phenoxy) is 6. The summed E-state index contributed by atoms with van der Waals surface area (Å²) in [6.07, 6.45) is 35.3. The predicted molar refractivity (Wildman–Crippen MR) is 324 cm³/mol. The van der Waals surface area contributed by atoms with Gasteiger partial charge in [0, 0.05) is 101 Å². The Labute approximate surface area is 518 Å². The first-order valence-corrected chi connectivity index (χ1v) is 37.8. The second-order valence-corrected chi connectivity index (χ2v) is 33.7. The summed E-state index contributed by atoms with van der Waals surface area (Å²) in [5, 5.41) is 10.2. The van der Waals surface area contributed by atoms with Crippen LogP contribution in [0, 0.1) is 97.6 Å². The molecule has 6 saturated heterocycles. The van der Waals surface area contributed by atoms with Gasteiger partial charge in [-0.1, -0.05) is 6.58 Å². The summed E-state index contributed by atoms with van der Waals surface area (Å²) in [6, 6.07) is 0. The minimum Gasteiger partial charge on any atom is -0.461 e. The highest BCUT2D eigenvalue weighted by Gasteiger charge is 2.73. The van der Waals surface area contributed by atoms with Crippen molar-refractivity contribution >= 4 is 38.1 Å². The van der Waals surface area contributed by atoms with Crippen LogP contribution in [0.5, 0.6) is 0 Å². The topological polar surface area (TPSA) is 254 Å². The summed E-state index contributed by atoms with van der Waals surface area (Å²) in [4.78, 5) is 42.5. The van der Waals surface area contributed by atoms with E-state index < -0.39 is 20.2 Å². The van der Waals surface area contributed by atoms with E-state index >= 15 is 0 Å². The van der Waals surface area contributed by atoms with Crippen LogP contribution in [0.1, 0.15) is 154 Å². The Morgan fingerprint density at radius 3 is 1.08 bits per heavy atom. The molecule has 87 heavy (non-hydrogen) atoms. The number of nitrogens with one attached hydrogen (secondary N) is 1. The number of fused-ring (bicyclic) bond motifs is 15.